The highest BCUT2D eigenvalue weighted by Gasteiger charge is 2.22. The summed E-state index contributed by atoms with van der Waals surface area (Å²) in [6.45, 7) is 0. The van der Waals surface area contributed by atoms with Gasteiger partial charge in [-0.15, -0.1) is 0 Å². The molecule has 7 heteroatoms. The van der Waals surface area contributed by atoms with Crippen LogP contribution in [0, 0.1) is 5.82 Å². The average Bonchev–Trinajstić information content (AvgIpc) is 2.83. The van der Waals surface area contributed by atoms with E-state index >= 15 is 0 Å². The zero-order chi connectivity index (χ0) is 12.5. The minimum Gasteiger partial charge on any atom is -0.495 e. The molecule has 17 heavy (non-hydrogen) atoms. The Hall–Kier alpha value is -1.89. The van der Waals surface area contributed by atoms with E-state index in [0.29, 0.717) is 0 Å². The fourth-order valence-electron chi connectivity index (χ4n) is 1.35. The summed E-state index contributed by atoms with van der Waals surface area (Å²) in [5, 5.41) is 3.62. The molecule has 0 aliphatic rings. The van der Waals surface area contributed by atoms with Crippen LogP contribution in [-0.2, 0) is 10.0 Å². The lowest BCUT2D eigenvalue weighted by Crippen LogP contribution is -2.14. The van der Waals surface area contributed by atoms with Crippen LogP contribution in [0.15, 0.2) is 41.6 Å². The van der Waals surface area contributed by atoms with Crippen LogP contribution in [0.4, 0.5) is 4.39 Å². The lowest BCUT2D eigenvalue weighted by atomic mass is 10.3. The van der Waals surface area contributed by atoms with Crippen LogP contribution in [0.25, 0.3) is 0 Å². The van der Waals surface area contributed by atoms with Gasteiger partial charge in [0.05, 0.1) is 13.3 Å². The molecule has 0 N–H and O–H groups in total. The predicted molar refractivity (Wildman–Crippen MR) is 57.8 cm³/mol. The monoisotopic (exact) mass is 256 g/mol. The molecule has 0 bridgehead atoms. The molecule has 0 unspecified atom stereocenters. The third-order valence-electron chi connectivity index (χ3n) is 2.13. The molecule has 0 spiro atoms. The van der Waals surface area contributed by atoms with Gasteiger partial charge in [-0.3, -0.25) is 0 Å². The Balaban J connectivity index is 2.65. The largest absolute Gasteiger partial charge is 0.495 e. The van der Waals surface area contributed by atoms with Crippen LogP contribution in [0.3, 0.4) is 0 Å². The summed E-state index contributed by atoms with van der Waals surface area (Å²) in [6, 6.07) is 4.74. The molecule has 0 aliphatic heterocycles. The Bertz CT molecular complexity index is 623. The quantitative estimate of drug-likeness (QED) is 0.829. The van der Waals surface area contributed by atoms with Crippen molar-refractivity contribution in [2.45, 2.75) is 4.90 Å². The highest BCUT2D eigenvalue weighted by molar-refractivity contribution is 7.90. The second-order valence-electron chi connectivity index (χ2n) is 3.18. The summed E-state index contributed by atoms with van der Waals surface area (Å²) in [7, 11) is -2.61. The fraction of sp³-hybridized carbons (Fsp3) is 0.100. The maximum atomic E-state index is 13.1. The number of aromatic nitrogens is 2. The molecule has 1 heterocycles. The maximum absolute atomic E-state index is 13.1. The smallest absolute Gasteiger partial charge is 0.286 e. The first-order valence-corrected chi connectivity index (χ1v) is 6.08. The number of halogens is 1. The summed E-state index contributed by atoms with van der Waals surface area (Å²) >= 11 is 0. The summed E-state index contributed by atoms with van der Waals surface area (Å²) in [4.78, 5) is -0.260. The molecular weight excluding hydrogens is 247 g/mol. The Morgan fingerprint density at radius 3 is 2.76 bits per heavy atom. The van der Waals surface area contributed by atoms with E-state index in [2.05, 4.69) is 5.10 Å². The highest BCUT2D eigenvalue weighted by Crippen LogP contribution is 2.25. The molecule has 2 aromatic rings. The van der Waals surface area contributed by atoms with Crippen LogP contribution in [-0.4, -0.2) is 24.7 Å². The van der Waals surface area contributed by atoms with E-state index in [9.17, 15) is 12.8 Å². The molecule has 2 rings (SSSR count). The summed E-state index contributed by atoms with van der Waals surface area (Å²) in [5.74, 6) is -0.585. The zero-order valence-corrected chi connectivity index (χ0v) is 9.69. The van der Waals surface area contributed by atoms with Gasteiger partial charge in [-0.2, -0.15) is 17.6 Å². The second-order valence-corrected chi connectivity index (χ2v) is 4.94. The van der Waals surface area contributed by atoms with Gasteiger partial charge in [-0.05, 0) is 24.3 Å². The van der Waals surface area contributed by atoms with Crippen molar-refractivity contribution >= 4 is 10.0 Å². The van der Waals surface area contributed by atoms with Crippen molar-refractivity contribution in [3.8, 4) is 5.75 Å². The third-order valence-corrected chi connectivity index (χ3v) is 3.71. The van der Waals surface area contributed by atoms with E-state index < -0.39 is 15.8 Å². The number of benzene rings is 1. The van der Waals surface area contributed by atoms with Crippen LogP contribution in [0.1, 0.15) is 0 Å². The van der Waals surface area contributed by atoms with Crippen LogP contribution >= 0.6 is 0 Å². The number of methoxy groups -OCH3 is 1. The van der Waals surface area contributed by atoms with Crippen molar-refractivity contribution in [1.29, 1.82) is 0 Å². The van der Waals surface area contributed by atoms with Crippen molar-refractivity contribution in [1.82, 2.24) is 9.19 Å². The highest BCUT2D eigenvalue weighted by atomic mass is 32.2. The molecule has 0 saturated carbocycles. The SMILES string of the molecule is COc1ccc(F)cc1S(=O)(=O)n1cccn1. The van der Waals surface area contributed by atoms with Gasteiger partial charge in [0.1, 0.15) is 16.5 Å². The zero-order valence-electron chi connectivity index (χ0n) is 8.87. The van der Waals surface area contributed by atoms with E-state index in [1.165, 1.54) is 31.6 Å². The molecule has 0 saturated heterocycles. The Morgan fingerprint density at radius 2 is 2.18 bits per heavy atom. The Kier molecular flexibility index (Phi) is 2.84. The summed E-state index contributed by atoms with van der Waals surface area (Å²) in [5.41, 5.74) is 0. The van der Waals surface area contributed by atoms with Gasteiger partial charge in [-0.25, -0.2) is 4.39 Å². The number of hydrogen-bond acceptors (Lipinski definition) is 4. The molecule has 1 aromatic carbocycles. The van der Waals surface area contributed by atoms with Crippen LogP contribution in [0.5, 0.6) is 5.75 Å². The predicted octanol–water partition coefficient (Wildman–Crippen LogP) is 1.27. The van der Waals surface area contributed by atoms with Crippen molar-refractivity contribution < 1.29 is 17.5 Å². The van der Waals surface area contributed by atoms with E-state index in [1.807, 2.05) is 0 Å². The average molecular weight is 256 g/mol. The lowest BCUT2D eigenvalue weighted by molar-refractivity contribution is 0.400. The van der Waals surface area contributed by atoms with Gasteiger partial charge < -0.3 is 4.74 Å². The molecule has 5 nitrogen and oxygen atoms in total. The van der Waals surface area contributed by atoms with Crippen molar-refractivity contribution in [2.75, 3.05) is 7.11 Å². The number of ether oxygens (including phenoxy) is 1. The Labute approximate surface area is 97.5 Å². The Morgan fingerprint density at radius 1 is 1.41 bits per heavy atom. The normalized spacial score (nSPS) is 11.4. The van der Waals surface area contributed by atoms with Crippen molar-refractivity contribution in [3.63, 3.8) is 0 Å². The first-order chi connectivity index (χ1) is 8.05. The molecule has 0 atom stereocenters. The first kappa shape index (κ1) is 11.6. The van der Waals surface area contributed by atoms with E-state index in [1.54, 1.807) is 0 Å². The van der Waals surface area contributed by atoms with Crippen LogP contribution < -0.4 is 4.74 Å². The van der Waals surface area contributed by atoms with Gasteiger partial charge in [0.25, 0.3) is 10.0 Å². The van der Waals surface area contributed by atoms with Gasteiger partial charge in [0.2, 0.25) is 0 Å². The summed E-state index contributed by atoms with van der Waals surface area (Å²) in [6.07, 6.45) is 2.59. The molecule has 0 radical (unpaired) electrons. The first-order valence-electron chi connectivity index (χ1n) is 4.64. The topological polar surface area (TPSA) is 61.2 Å². The second kappa shape index (κ2) is 4.17. The minimum atomic E-state index is -3.92. The third kappa shape index (κ3) is 2.01. The maximum Gasteiger partial charge on any atom is 0.286 e. The molecule has 90 valence electrons. The molecule has 0 amide bonds. The van der Waals surface area contributed by atoms with Gasteiger partial charge in [0, 0.05) is 6.20 Å². The standard InChI is InChI=1S/C10H9FN2O3S/c1-16-9-4-3-8(11)7-10(9)17(14,15)13-6-2-5-12-13/h2-7H,1H3. The number of nitrogens with zero attached hydrogens (tertiary/aromatic N) is 2. The van der Waals surface area contributed by atoms with Crippen LogP contribution in [0.2, 0.25) is 0 Å². The van der Waals surface area contributed by atoms with E-state index in [0.717, 1.165) is 16.2 Å². The lowest BCUT2D eigenvalue weighted by Gasteiger charge is -2.09. The fourth-order valence-corrected chi connectivity index (χ4v) is 2.63. The van der Waals surface area contributed by atoms with Gasteiger partial charge in [-0.1, -0.05) is 0 Å². The minimum absolute atomic E-state index is 0.0712. The van der Waals surface area contributed by atoms with Crippen molar-refractivity contribution in [2.24, 2.45) is 0 Å². The number of rotatable bonds is 3. The molecule has 1 aromatic heterocycles. The number of hydrogen-bond donors (Lipinski definition) is 0. The van der Waals surface area contributed by atoms with E-state index in [-0.39, 0.29) is 10.6 Å². The molecule has 0 aliphatic carbocycles. The summed E-state index contributed by atoms with van der Waals surface area (Å²) < 4.78 is 42.9. The van der Waals surface area contributed by atoms with Crippen molar-refractivity contribution in [3.05, 3.63) is 42.5 Å². The molecule has 0 fully saturated rings. The van der Waals surface area contributed by atoms with Gasteiger partial charge in [0.15, 0.2) is 0 Å². The van der Waals surface area contributed by atoms with Gasteiger partial charge >= 0.3 is 0 Å². The van der Waals surface area contributed by atoms with E-state index in [4.69, 9.17) is 4.74 Å². The molecular formula is C10H9FN2O3S.